The zero-order valence-corrected chi connectivity index (χ0v) is 23.6. The van der Waals surface area contributed by atoms with E-state index in [1.165, 1.54) is 11.0 Å². The number of rotatable bonds is 6. The van der Waals surface area contributed by atoms with Crippen LogP contribution in [-0.4, -0.2) is 38.2 Å². The third kappa shape index (κ3) is 4.81. The third-order valence-corrected chi connectivity index (χ3v) is 10.1. The van der Waals surface area contributed by atoms with Gasteiger partial charge in [0.1, 0.15) is 6.29 Å². The van der Waals surface area contributed by atoms with E-state index in [-0.39, 0.29) is 34.4 Å². The lowest BCUT2D eigenvalue weighted by molar-refractivity contribution is -0.138. The first-order chi connectivity index (χ1) is 19.5. The van der Waals surface area contributed by atoms with Crippen LogP contribution < -0.4 is 15.5 Å². The molecule has 9 heteroatoms. The largest absolute Gasteiger partial charge is 0.416 e. The van der Waals surface area contributed by atoms with Gasteiger partial charge >= 0.3 is 6.18 Å². The Morgan fingerprint density at radius 3 is 2.44 bits per heavy atom. The van der Waals surface area contributed by atoms with Crippen LogP contribution in [0.15, 0.2) is 41.4 Å². The summed E-state index contributed by atoms with van der Waals surface area (Å²) in [6.45, 7) is 3.37. The smallest absolute Gasteiger partial charge is 0.387 e. The van der Waals surface area contributed by atoms with Crippen LogP contribution in [0.25, 0.3) is 0 Å². The fraction of sp³-hybridized carbons (Fsp3) is 0.531. The van der Waals surface area contributed by atoms with Crippen molar-refractivity contribution in [2.24, 2.45) is 28.0 Å². The van der Waals surface area contributed by atoms with Crippen LogP contribution in [0.3, 0.4) is 0 Å². The summed E-state index contributed by atoms with van der Waals surface area (Å²) in [5, 5.41) is 0. The van der Waals surface area contributed by atoms with E-state index >= 15 is 0 Å². The minimum absolute atomic E-state index is 0.0349. The number of carbonyl (C=O) groups excluding carboxylic acids is 2. The average Bonchev–Trinajstić information content (AvgIpc) is 3.25. The van der Waals surface area contributed by atoms with E-state index < -0.39 is 17.6 Å². The van der Waals surface area contributed by atoms with Crippen LogP contribution in [0.4, 0.5) is 24.5 Å². The Hall–Kier alpha value is -3.36. The lowest BCUT2D eigenvalue weighted by atomic mass is 9.57. The summed E-state index contributed by atoms with van der Waals surface area (Å²) in [5.41, 5.74) is 7.49. The topological polar surface area (TPSA) is 79.0 Å². The summed E-state index contributed by atoms with van der Waals surface area (Å²) in [6, 6.07) is 10.5. The number of aldehydes is 1. The minimum Gasteiger partial charge on any atom is -0.387 e. The molecule has 4 aliphatic rings. The van der Waals surface area contributed by atoms with Gasteiger partial charge in [-0.25, -0.2) is 0 Å². The van der Waals surface area contributed by atoms with Crippen LogP contribution in [0, 0.1) is 17.3 Å². The molecule has 41 heavy (non-hydrogen) atoms. The first-order valence-corrected chi connectivity index (χ1v) is 14.5. The van der Waals surface area contributed by atoms with Gasteiger partial charge in [-0.15, -0.1) is 0 Å². The molecule has 2 saturated carbocycles. The summed E-state index contributed by atoms with van der Waals surface area (Å²) < 4.78 is 43.1. The molecule has 2 aromatic rings. The second-order valence-corrected chi connectivity index (χ2v) is 13.0. The molecule has 218 valence electrons. The number of carbonyl (C=O) groups is 2. The summed E-state index contributed by atoms with van der Waals surface area (Å²) in [4.78, 5) is 32.4. The molecule has 2 aromatic carbocycles. The molecule has 0 radical (unpaired) electrons. The number of anilines is 2. The minimum atomic E-state index is -4.58. The normalized spacial score (nSPS) is 26.1. The highest BCUT2D eigenvalue weighted by Crippen LogP contribution is 2.52. The molecule has 0 unspecified atom stereocenters. The first-order valence-electron chi connectivity index (χ1n) is 14.5. The van der Waals surface area contributed by atoms with Crippen LogP contribution in [0.2, 0.25) is 0 Å². The summed E-state index contributed by atoms with van der Waals surface area (Å²) in [7, 11) is 1.67. The van der Waals surface area contributed by atoms with Crippen LogP contribution in [0.5, 0.6) is 0 Å². The SMILES string of the molecule is CN=C(N)CC1(c2cccc(N3Cc4c(cc(N5CC6(CCC(C=O)CC6)C5)cc4C(F)(F)F)C3=O)c2)CC(C)C1. The molecule has 0 aromatic heterocycles. The van der Waals surface area contributed by atoms with E-state index in [0.717, 1.165) is 50.4 Å². The van der Waals surface area contributed by atoms with Gasteiger partial charge in [-0.2, -0.15) is 13.2 Å². The second-order valence-electron chi connectivity index (χ2n) is 13.0. The van der Waals surface area contributed by atoms with Gasteiger partial charge in [0.15, 0.2) is 0 Å². The molecular formula is C32H37F3N4O2. The highest BCUT2D eigenvalue weighted by Gasteiger charge is 2.48. The van der Waals surface area contributed by atoms with Crippen molar-refractivity contribution in [3.05, 3.63) is 58.7 Å². The van der Waals surface area contributed by atoms with Crippen molar-refractivity contribution in [3.8, 4) is 0 Å². The monoisotopic (exact) mass is 566 g/mol. The van der Waals surface area contributed by atoms with Crippen molar-refractivity contribution in [3.63, 3.8) is 0 Å². The van der Waals surface area contributed by atoms with Crippen LogP contribution in [-0.2, 0) is 22.9 Å². The van der Waals surface area contributed by atoms with E-state index in [4.69, 9.17) is 5.73 Å². The standard InChI is InChI=1S/C32H37F3N4O2/c1-20-13-31(14-20,15-28(36)37-2)22-4-3-5-23(10-22)39-16-26-25(29(39)41)11-24(12-27(26)32(33,34)35)38-18-30(19-38)8-6-21(17-40)7-9-30/h3-5,10-12,17,20-21H,6-9,13-16,18-19H2,1-2H3,(H2,36,37). The number of nitrogens with two attached hydrogens (primary N) is 1. The van der Waals surface area contributed by atoms with Gasteiger partial charge in [-0.1, -0.05) is 19.1 Å². The van der Waals surface area contributed by atoms with Crippen molar-refractivity contribution >= 4 is 29.4 Å². The number of benzene rings is 2. The Balaban J connectivity index is 1.28. The number of amidine groups is 1. The van der Waals surface area contributed by atoms with Gasteiger partial charge in [-0.05, 0) is 79.8 Å². The number of aliphatic imine (C=N–C) groups is 1. The molecule has 2 heterocycles. The molecule has 2 aliphatic carbocycles. The molecule has 3 fully saturated rings. The number of amides is 1. The van der Waals surface area contributed by atoms with Crippen LogP contribution in [0.1, 0.15) is 78.9 Å². The maximum absolute atomic E-state index is 14.4. The predicted octanol–water partition coefficient (Wildman–Crippen LogP) is 6.11. The average molecular weight is 567 g/mol. The predicted molar refractivity (Wildman–Crippen MR) is 153 cm³/mol. The fourth-order valence-corrected chi connectivity index (χ4v) is 7.87. The van der Waals surface area contributed by atoms with E-state index in [1.54, 1.807) is 19.2 Å². The number of hydrogen-bond donors (Lipinski definition) is 1. The summed E-state index contributed by atoms with van der Waals surface area (Å²) in [5.74, 6) is 0.790. The zero-order valence-electron chi connectivity index (χ0n) is 23.6. The van der Waals surface area contributed by atoms with Crippen molar-refractivity contribution in [2.75, 3.05) is 29.9 Å². The second kappa shape index (κ2) is 9.88. The van der Waals surface area contributed by atoms with E-state index in [9.17, 15) is 22.8 Å². The molecule has 6 rings (SSSR count). The molecular weight excluding hydrogens is 529 g/mol. The zero-order chi connectivity index (χ0) is 29.2. The number of nitrogens with zero attached hydrogens (tertiary/aromatic N) is 3. The Bertz CT molecular complexity index is 1400. The molecule has 0 bridgehead atoms. The molecule has 2 aliphatic heterocycles. The number of fused-ring (bicyclic) bond motifs is 1. The van der Waals surface area contributed by atoms with Gasteiger partial charge in [0.2, 0.25) is 0 Å². The highest BCUT2D eigenvalue weighted by atomic mass is 19.4. The van der Waals surface area contributed by atoms with Gasteiger partial charge in [0, 0.05) is 60.2 Å². The molecule has 1 amide bonds. The lowest BCUT2D eigenvalue weighted by Gasteiger charge is -2.54. The molecule has 2 N–H and O–H groups in total. The van der Waals surface area contributed by atoms with Crippen molar-refractivity contribution in [2.45, 2.75) is 70.0 Å². The highest BCUT2D eigenvalue weighted by molar-refractivity contribution is 6.11. The molecule has 0 atom stereocenters. The first kappa shape index (κ1) is 27.8. The summed E-state index contributed by atoms with van der Waals surface area (Å²) in [6.07, 6.45) is 2.41. The quantitative estimate of drug-likeness (QED) is 0.260. The van der Waals surface area contributed by atoms with Crippen molar-refractivity contribution < 1.29 is 22.8 Å². The maximum Gasteiger partial charge on any atom is 0.416 e. The van der Waals surface area contributed by atoms with E-state index in [0.29, 0.717) is 42.6 Å². The Kier molecular flexibility index (Phi) is 6.70. The maximum atomic E-state index is 14.4. The fourth-order valence-electron chi connectivity index (χ4n) is 7.87. The molecule has 1 saturated heterocycles. The molecule has 6 nitrogen and oxygen atoms in total. The Labute approximate surface area is 238 Å². The number of hydrogen-bond acceptors (Lipinski definition) is 4. The van der Waals surface area contributed by atoms with Crippen molar-refractivity contribution in [1.82, 2.24) is 0 Å². The van der Waals surface area contributed by atoms with Gasteiger partial charge < -0.3 is 20.3 Å². The van der Waals surface area contributed by atoms with Gasteiger partial charge in [0.25, 0.3) is 5.91 Å². The van der Waals surface area contributed by atoms with E-state index in [1.807, 2.05) is 23.1 Å². The number of halogens is 3. The third-order valence-electron chi connectivity index (χ3n) is 10.1. The van der Waals surface area contributed by atoms with Crippen LogP contribution >= 0.6 is 0 Å². The Morgan fingerprint density at radius 2 is 1.83 bits per heavy atom. The van der Waals surface area contributed by atoms with Gasteiger partial charge in [-0.3, -0.25) is 9.79 Å². The van der Waals surface area contributed by atoms with Crippen molar-refractivity contribution in [1.29, 1.82) is 0 Å². The van der Waals surface area contributed by atoms with Gasteiger partial charge in [0.05, 0.1) is 17.9 Å². The lowest BCUT2D eigenvalue weighted by Crippen LogP contribution is -2.58. The van der Waals surface area contributed by atoms with E-state index in [2.05, 4.69) is 11.9 Å². The summed E-state index contributed by atoms with van der Waals surface area (Å²) >= 11 is 0. The Morgan fingerprint density at radius 1 is 1.12 bits per heavy atom. The molecule has 1 spiro atoms. The number of alkyl halides is 3.